The number of nitriles is 1. The van der Waals surface area contributed by atoms with E-state index in [9.17, 15) is 4.79 Å². The summed E-state index contributed by atoms with van der Waals surface area (Å²) in [5.74, 6) is 0.844. The number of rotatable bonds is 3. The SMILES string of the molecule is CC(=O)N[C@]1(c2noc(C)n2)CCN(c2ccc(C#N)cc2)C1. The van der Waals surface area contributed by atoms with Gasteiger partial charge in [-0.3, -0.25) is 4.79 Å². The number of aromatic nitrogens is 2. The van der Waals surface area contributed by atoms with Crippen molar-refractivity contribution in [1.29, 1.82) is 5.26 Å². The average Bonchev–Trinajstić information content (AvgIpc) is 3.14. The van der Waals surface area contributed by atoms with Gasteiger partial charge in [0.2, 0.25) is 11.8 Å². The molecule has 0 aliphatic carbocycles. The molecule has 1 aliphatic heterocycles. The van der Waals surface area contributed by atoms with Crippen LogP contribution in [0.4, 0.5) is 5.69 Å². The fourth-order valence-corrected chi connectivity index (χ4v) is 2.95. The van der Waals surface area contributed by atoms with Gasteiger partial charge < -0.3 is 14.7 Å². The second-order valence-electron chi connectivity index (χ2n) is 5.73. The normalized spacial score (nSPS) is 20.3. The minimum atomic E-state index is -0.655. The first-order valence-electron chi connectivity index (χ1n) is 7.37. The first kappa shape index (κ1) is 15.0. The first-order chi connectivity index (χ1) is 11.0. The Morgan fingerprint density at radius 3 is 2.74 bits per heavy atom. The van der Waals surface area contributed by atoms with E-state index in [0.29, 0.717) is 30.2 Å². The van der Waals surface area contributed by atoms with E-state index in [-0.39, 0.29) is 5.91 Å². The molecule has 0 radical (unpaired) electrons. The molecular formula is C16H17N5O2. The van der Waals surface area contributed by atoms with Crippen LogP contribution in [0.3, 0.4) is 0 Å². The Bertz CT molecular complexity index is 762. The minimum absolute atomic E-state index is 0.130. The molecule has 118 valence electrons. The van der Waals surface area contributed by atoms with E-state index in [1.807, 2.05) is 12.1 Å². The molecule has 2 heterocycles. The molecule has 0 saturated carbocycles. The predicted octanol–water partition coefficient (Wildman–Crippen LogP) is 1.49. The van der Waals surface area contributed by atoms with Crippen molar-refractivity contribution in [2.45, 2.75) is 25.8 Å². The van der Waals surface area contributed by atoms with Gasteiger partial charge in [0, 0.05) is 32.6 Å². The molecule has 0 bridgehead atoms. The lowest BCUT2D eigenvalue weighted by molar-refractivity contribution is -0.120. The van der Waals surface area contributed by atoms with E-state index in [1.165, 1.54) is 6.92 Å². The molecule has 1 N–H and O–H groups in total. The van der Waals surface area contributed by atoms with Crippen LogP contribution in [0.5, 0.6) is 0 Å². The Balaban J connectivity index is 1.88. The number of aryl methyl sites for hydroxylation is 1. The zero-order valence-electron chi connectivity index (χ0n) is 13.0. The molecule has 1 aliphatic rings. The number of hydrogen-bond acceptors (Lipinski definition) is 6. The summed E-state index contributed by atoms with van der Waals surface area (Å²) in [6.45, 7) is 4.52. The van der Waals surface area contributed by atoms with Crippen LogP contribution in [0.15, 0.2) is 28.8 Å². The van der Waals surface area contributed by atoms with Gasteiger partial charge in [0.1, 0.15) is 5.54 Å². The van der Waals surface area contributed by atoms with Crippen LogP contribution in [0.1, 0.15) is 30.6 Å². The summed E-state index contributed by atoms with van der Waals surface area (Å²) in [5, 5.41) is 15.9. The highest BCUT2D eigenvalue weighted by molar-refractivity contribution is 5.74. The zero-order chi connectivity index (χ0) is 16.4. The van der Waals surface area contributed by atoms with Crippen LogP contribution < -0.4 is 10.2 Å². The van der Waals surface area contributed by atoms with Crippen molar-refractivity contribution < 1.29 is 9.32 Å². The van der Waals surface area contributed by atoms with E-state index in [4.69, 9.17) is 9.78 Å². The van der Waals surface area contributed by atoms with E-state index in [0.717, 1.165) is 12.2 Å². The molecule has 1 fully saturated rings. The van der Waals surface area contributed by atoms with Crippen molar-refractivity contribution in [1.82, 2.24) is 15.5 Å². The highest BCUT2D eigenvalue weighted by Gasteiger charge is 2.44. The van der Waals surface area contributed by atoms with Crippen LogP contribution in [0.2, 0.25) is 0 Å². The maximum Gasteiger partial charge on any atom is 0.223 e. The van der Waals surface area contributed by atoms with Gasteiger partial charge in [0.05, 0.1) is 11.6 Å². The lowest BCUT2D eigenvalue weighted by Crippen LogP contribution is -2.48. The highest BCUT2D eigenvalue weighted by Crippen LogP contribution is 2.33. The number of nitrogens with zero attached hydrogens (tertiary/aromatic N) is 4. The number of nitrogens with one attached hydrogen (secondary N) is 1. The van der Waals surface area contributed by atoms with Crippen molar-refractivity contribution in [2.75, 3.05) is 18.0 Å². The van der Waals surface area contributed by atoms with Crippen molar-refractivity contribution in [3.63, 3.8) is 0 Å². The van der Waals surface area contributed by atoms with E-state index >= 15 is 0 Å². The van der Waals surface area contributed by atoms with Crippen molar-refractivity contribution in [3.8, 4) is 6.07 Å². The summed E-state index contributed by atoms with van der Waals surface area (Å²) < 4.78 is 5.09. The summed E-state index contributed by atoms with van der Waals surface area (Å²) in [7, 11) is 0. The number of carbonyl (C=O) groups excluding carboxylic acids is 1. The lowest BCUT2D eigenvalue weighted by atomic mass is 9.97. The van der Waals surface area contributed by atoms with Crippen molar-refractivity contribution in [2.24, 2.45) is 0 Å². The van der Waals surface area contributed by atoms with Gasteiger partial charge >= 0.3 is 0 Å². The van der Waals surface area contributed by atoms with E-state index in [1.54, 1.807) is 19.1 Å². The summed E-state index contributed by atoms with van der Waals surface area (Å²) in [4.78, 5) is 18.1. The maximum atomic E-state index is 11.7. The fraction of sp³-hybridized carbons (Fsp3) is 0.375. The molecule has 1 aromatic carbocycles. The molecule has 0 spiro atoms. The van der Waals surface area contributed by atoms with Gasteiger partial charge in [0.15, 0.2) is 5.82 Å². The third-order valence-electron chi connectivity index (χ3n) is 4.00. The number of anilines is 1. The van der Waals surface area contributed by atoms with Crippen LogP contribution in [-0.2, 0) is 10.3 Å². The van der Waals surface area contributed by atoms with Gasteiger partial charge in [0.25, 0.3) is 0 Å². The molecule has 7 heteroatoms. The van der Waals surface area contributed by atoms with Gasteiger partial charge in [-0.1, -0.05) is 5.16 Å². The Labute approximate surface area is 133 Å². The summed E-state index contributed by atoms with van der Waals surface area (Å²) in [6, 6.07) is 9.49. The minimum Gasteiger partial charge on any atom is -0.369 e. The first-order valence-corrected chi connectivity index (χ1v) is 7.37. The van der Waals surface area contributed by atoms with Gasteiger partial charge in [-0.15, -0.1) is 0 Å². The Morgan fingerprint density at radius 2 is 2.17 bits per heavy atom. The Hall–Kier alpha value is -2.88. The summed E-state index contributed by atoms with van der Waals surface area (Å²) >= 11 is 0. The van der Waals surface area contributed by atoms with Gasteiger partial charge in [-0.2, -0.15) is 10.2 Å². The molecule has 7 nitrogen and oxygen atoms in total. The lowest BCUT2D eigenvalue weighted by Gasteiger charge is -2.27. The topological polar surface area (TPSA) is 95.1 Å². The molecule has 23 heavy (non-hydrogen) atoms. The second-order valence-corrected chi connectivity index (χ2v) is 5.73. The van der Waals surface area contributed by atoms with Gasteiger partial charge in [-0.25, -0.2) is 0 Å². The summed E-state index contributed by atoms with van der Waals surface area (Å²) in [6.07, 6.45) is 0.686. The third kappa shape index (κ3) is 2.88. The zero-order valence-corrected chi connectivity index (χ0v) is 13.0. The molecule has 0 unspecified atom stereocenters. The third-order valence-corrected chi connectivity index (χ3v) is 4.00. The fourth-order valence-electron chi connectivity index (χ4n) is 2.95. The quantitative estimate of drug-likeness (QED) is 0.922. The highest BCUT2D eigenvalue weighted by atomic mass is 16.5. The van der Waals surface area contributed by atoms with Crippen molar-refractivity contribution in [3.05, 3.63) is 41.5 Å². The molecule has 1 aromatic heterocycles. The number of benzene rings is 1. The monoisotopic (exact) mass is 311 g/mol. The largest absolute Gasteiger partial charge is 0.369 e. The van der Waals surface area contributed by atoms with Crippen LogP contribution >= 0.6 is 0 Å². The van der Waals surface area contributed by atoms with Crippen molar-refractivity contribution >= 4 is 11.6 Å². The molecule has 1 amide bonds. The molecule has 1 saturated heterocycles. The number of hydrogen-bond donors (Lipinski definition) is 1. The van der Waals surface area contributed by atoms with E-state index < -0.39 is 5.54 Å². The average molecular weight is 311 g/mol. The van der Waals surface area contributed by atoms with Crippen LogP contribution in [0.25, 0.3) is 0 Å². The smallest absolute Gasteiger partial charge is 0.223 e. The Kier molecular flexibility index (Phi) is 3.74. The van der Waals surface area contributed by atoms with Crippen LogP contribution in [-0.4, -0.2) is 29.1 Å². The maximum absolute atomic E-state index is 11.7. The molecular weight excluding hydrogens is 294 g/mol. The number of carbonyl (C=O) groups is 1. The summed E-state index contributed by atoms with van der Waals surface area (Å²) in [5.41, 5.74) is 0.962. The predicted molar refractivity (Wildman–Crippen MR) is 82.5 cm³/mol. The Morgan fingerprint density at radius 1 is 1.43 bits per heavy atom. The number of amides is 1. The molecule has 2 aromatic rings. The van der Waals surface area contributed by atoms with Gasteiger partial charge in [-0.05, 0) is 30.7 Å². The molecule has 3 rings (SSSR count). The standard InChI is InChI=1S/C16H17N5O2/c1-11(22)19-16(15-18-12(2)23-20-15)7-8-21(10-16)14-5-3-13(9-17)4-6-14/h3-6H,7-8,10H2,1-2H3,(H,19,22)/t16-/m1/s1. The van der Waals surface area contributed by atoms with E-state index in [2.05, 4.69) is 26.4 Å². The second kappa shape index (κ2) is 5.72. The molecule has 1 atom stereocenters. The van der Waals surface area contributed by atoms with Crippen LogP contribution in [0, 0.1) is 18.3 Å².